The number of halogens is 1. The number of benzene rings is 1. The van der Waals surface area contributed by atoms with Crippen LogP contribution < -0.4 is 4.74 Å². The molecule has 3 heteroatoms. The normalized spacial score (nSPS) is 10.0. The predicted molar refractivity (Wildman–Crippen MR) is 61.2 cm³/mol. The lowest BCUT2D eigenvalue weighted by Crippen LogP contribution is -1.88. The van der Waals surface area contributed by atoms with Gasteiger partial charge >= 0.3 is 0 Å². The number of rotatable bonds is 2. The smallest absolute Gasteiger partial charge is 0.128 e. The molecular formula is C12H10ClNO. The number of pyridine rings is 1. The summed E-state index contributed by atoms with van der Waals surface area (Å²) in [5, 5.41) is 0.666. The molecular weight excluding hydrogens is 210 g/mol. The third-order valence-electron chi connectivity index (χ3n) is 2.14. The van der Waals surface area contributed by atoms with Gasteiger partial charge in [0.05, 0.1) is 7.11 Å². The molecule has 0 saturated heterocycles. The van der Waals surface area contributed by atoms with E-state index in [-0.39, 0.29) is 0 Å². The first-order chi connectivity index (χ1) is 7.31. The Kier molecular flexibility index (Phi) is 2.88. The number of nitrogens with zero attached hydrogens (tertiary/aromatic N) is 1. The van der Waals surface area contributed by atoms with E-state index in [0.29, 0.717) is 5.02 Å². The fraction of sp³-hybridized carbons (Fsp3) is 0.0833. The van der Waals surface area contributed by atoms with Crippen LogP contribution in [0.25, 0.3) is 11.1 Å². The van der Waals surface area contributed by atoms with E-state index in [1.54, 1.807) is 25.6 Å². The van der Waals surface area contributed by atoms with Crippen LogP contribution in [0.15, 0.2) is 42.7 Å². The van der Waals surface area contributed by atoms with Crippen molar-refractivity contribution in [1.29, 1.82) is 0 Å². The van der Waals surface area contributed by atoms with Crippen LogP contribution in [0.1, 0.15) is 0 Å². The number of aromatic nitrogens is 1. The summed E-state index contributed by atoms with van der Waals surface area (Å²) in [5.41, 5.74) is 2.01. The van der Waals surface area contributed by atoms with Gasteiger partial charge in [0.25, 0.3) is 0 Å². The molecule has 0 bridgehead atoms. The third-order valence-corrected chi connectivity index (χ3v) is 2.37. The van der Waals surface area contributed by atoms with E-state index < -0.39 is 0 Å². The molecule has 1 heterocycles. The quantitative estimate of drug-likeness (QED) is 0.772. The highest BCUT2D eigenvalue weighted by atomic mass is 35.5. The monoisotopic (exact) mass is 219 g/mol. The van der Waals surface area contributed by atoms with Crippen LogP contribution in [0, 0.1) is 0 Å². The molecule has 0 fully saturated rings. The summed E-state index contributed by atoms with van der Waals surface area (Å²) in [4.78, 5) is 4.07. The number of hydrogen-bond donors (Lipinski definition) is 0. The van der Waals surface area contributed by atoms with Crippen molar-refractivity contribution in [2.45, 2.75) is 0 Å². The van der Waals surface area contributed by atoms with Gasteiger partial charge in [-0.15, -0.1) is 0 Å². The lowest BCUT2D eigenvalue weighted by molar-refractivity contribution is 0.416. The van der Waals surface area contributed by atoms with Crippen LogP contribution in [-0.2, 0) is 0 Å². The van der Waals surface area contributed by atoms with Gasteiger partial charge in [0.2, 0.25) is 0 Å². The van der Waals surface area contributed by atoms with Crippen molar-refractivity contribution >= 4 is 11.6 Å². The Bertz CT molecular complexity index is 456. The van der Waals surface area contributed by atoms with Gasteiger partial charge < -0.3 is 4.74 Å². The zero-order valence-electron chi connectivity index (χ0n) is 8.27. The molecule has 0 aliphatic rings. The van der Waals surface area contributed by atoms with E-state index in [9.17, 15) is 0 Å². The molecule has 0 N–H and O–H groups in total. The molecule has 0 amide bonds. The SMILES string of the molecule is COc1cc(Cl)ccc1-c1cccnc1. The second-order valence-electron chi connectivity index (χ2n) is 3.09. The second kappa shape index (κ2) is 4.32. The summed E-state index contributed by atoms with van der Waals surface area (Å²) in [6, 6.07) is 9.44. The summed E-state index contributed by atoms with van der Waals surface area (Å²) in [5.74, 6) is 0.760. The highest BCUT2D eigenvalue weighted by Crippen LogP contribution is 2.31. The maximum Gasteiger partial charge on any atom is 0.128 e. The largest absolute Gasteiger partial charge is 0.496 e. The number of methoxy groups -OCH3 is 1. The van der Waals surface area contributed by atoms with Gasteiger partial charge in [0.15, 0.2) is 0 Å². The minimum atomic E-state index is 0.666. The molecule has 1 aromatic carbocycles. The van der Waals surface area contributed by atoms with Crippen molar-refractivity contribution in [2.24, 2.45) is 0 Å². The number of hydrogen-bond acceptors (Lipinski definition) is 2. The van der Waals surface area contributed by atoms with Gasteiger partial charge in [-0.1, -0.05) is 17.7 Å². The first-order valence-corrected chi connectivity index (χ1v) is 4.93. The van der Waals surface area contributed by atoms with Gasteiger partial charge in [0.1, 0.15) is 5.75 Å². The maximum absolute atomic E-state index is 5.89. The Morgan fingerprint density at radius 2 is 2.13 bits per heavy atom. The molecule has 0 saturated carbocycles. The minimum Gasteiger partial charge on any atom is -0.496 e. The molecule has 0 spiro atoms. The predicted octanol–water partition coefficient (Wildman–Crippen LogP) is 3.41. The van der Waals surface area contributed by atoms with Crippen molar-refractivity contribution in [2.75, 3.05) is 7.11 Å². The van der Waals surface area contributed by atoms with Gasteiger partial charge in [-0.05, 0) is 24.3 Å². The standard InChI is InChI=1S/C12H10ClNO/c1-15-12-7-10(13)4-5-11(12)9-3-2-6-14-8-9/h2-8H,1H3. The fourth-order valence-corrected chi connectivity index (χ4v) is 1.59. The van der Waals surface area contributed by atoms with Crippen molar-refractivity contribution in [3.63, 3.8) is 0 Å². The Morgan fingerprint density at radius 1 is 1.27 bits per heavy atom. The zero-order chi connectivity index (χ0) is 10.7. The Balaban J connectivity index is 2.53. The first-order valence-electron chi connectivity index (χ1n) is 4.55. The van der Waals surface area contributed by atoms with E-state index >= 15 is 0 Å². The molecule has 0 unspecified atom stereocenters. The summed E-state index contributed by atoms with van der Waals surface area (Å²) in [6.45, 7) is 0. The Morgan fingerprint density at radius 3 is 2.80 bits per heavy atom. The second-order valence-corrected chi connectivity index (χ2v) is 3.52. The molecule has 2 nitrogen and oxygen atoms in total. The van der Waals surface area contributed by atoms with Crippen LogP contribution >= 0.6 is 11.6 Å². The average molecular weight is 220 g/mol. The lowest BCUT2D eigenvalue weighted by atomic mass is 10.1. The minimum absolute atomic E-state index is 0.666. The van der Waals surface area contributed by atoms with E-state index in [0.717, 1.165) is 16.9 Å². The summed E-state index contributed by atoms with van der Waals surface area (Å²) >= 11 is 5.89. The maximum atomic E-state index is 5.89. The van der Waals surface area contributed by atoms with E-state index in [1.807, 2.05) is 24.3 Å². The molecule has 0 atom stereocenters. The van der Waals surface area contributed by atoms with Crippen molar-refractivity contribution in [1.82, 2.24) is 4.98 Å². The van der Waals surface area contributed by atoms with Crippen molar-refractivity contribution < 1.29 is 4.74 Å². The van der Waals surface area contributed by atoms with Crippen LogP contribution in [0.4, 0.5) is 0 Å². The van der Waals surface area contributed by atoms with E-state index in [1.165, 1.54) is 0 Å². The van der Waals surface area contributed by atoms with E-state index in [2.05, 4.69) is 4.98 Å². The molecule has 1 aromatic heterocycles. The highest BCUT2D eigenvalue weighted by Gasteiger charge is 2.05. The van der Waals surface area contributed by atoms with Crippen LogP contribution in [-0.4, -0.2) is 12.1 Å². The van der Waals surface area contributed by atoms with Gasteiger partial charge in [-0.25, -0.2) is 0 Å². The van der Waals surface area contributed by atoms with Crippen molar-refractivity contribution in [3.8, 4) is 16.9 Å². The van der Waals surface area contributed by atoms with Crippen LogP contribution in [0.5, 0.6) is 5.75 Å². The molecule has 76 valence electrons. The molecule has 0 aliphatic carbocycles. The van der Waals surface area contributed by atoms with Gasteiger partial charge in [0, 0.05) is 28.5 Å². The lowest BCUT2D eigenvalue weighted by Gasteiger charge is -2.08. The Hall–Kier alpha value is -1.54. The average Bonchev–Trinajstić information content (AvgIpc) is 2.30. The molecule has 15 heavy (non-hydrogen) atoms. The topological polar surface area (TPSA) is 22.1 Å². The van der Waals surface area contributed by atoms with E-state index in [4.69, 9.17) is 16.3 Å². The van der Waals surface area contributed by atoms with Crippen LogP contribution in [0.3, 0.4) is 0 Å². The van der Waals surface area contributed by atoms with Crippen LogP contribution in [0.2, 0.25) is 5.02 Å². The molecule has 2 aromatic rings. The summed E-state index contributed by atoms with van der Waals surface area (Å²) < 4.78 is 5.27. The molecule has 0 aliphatic heterocycles. The summed E-state index contributed by atoms with van der Waals surface area (Å²) in [6.07, 6.45) is 3.54. The molecule has 0 radical (unpaired) electrons. The van der Waals surface area contributed by atoms with Gasteiger partial charge in [-0.3, -0.25) is 4.98 Å². The van der Waals surface area contributed by atoms with Gasteiger partial charge in [-0.2, -0.15) is 0 Å². The summed E-state index contributed by atoms with van der Waals surface area (Å²) in [7, 11) is 1.63. The first kappa shape index (κ1) is 9.99. The number of ether oxygens (including phenoxy) is 1. The highest BCUT2D eigenvalue weighted by molar-refractivity contribution is 6.30. The van der Waals surface area contributed by atoms with Crippen molar-refractivity contribution in [3.05, 3.63) is 47.7 Å². The zero-order valence-corrected chi connectivity index (χ0v) is 9.03. The fourth-order valence-electron chi connectivity index (χ4n) is 1.43. The third kappa shape index (κ3) is 2.10. The Labute approximate surface area is 93.5 Å². The molecule has 2 rings (SSSR count).